The predicted molar refractivity (Wildman–Crippen MR) is 89.1 cm³/mol. The van der Waals surface area contributed by atoms with Crippen molar-refractivity contribution < 1.29 is 9.26 Å². The van der Waals surface area contributed by atoms with Crippen LogP contribution in [0.2, 0.25) is 0 Å². The van der Waals surface area contributed by atoms with Crippen LogP contribution < -0.4 is 10.3 Å². The fourth-order valence-electron chi connectivity index (χ4n) is 2.31. The van der Waals surface area contributed by atoms with Gasteiger partial charge in [-0.2, -0.15) is 10.1 Å². The van der Waals surface area contributed by atoms with E-state index in [4.69, 9.17) is 9.26 Å². The van der Waals surface area contributed by atoms with E-state index in [0.717, 1.165) is 0 Å². The average Bonchev–Trinajstić information content (AvgIpc) is 3.26. The Hall–Kier alpha value is -3.68. The van der Waals surface area contributed by atoms with Crippen LogP contribution >= 0.6 is 0 Å². The van der Waals surface area contributed by atoms with Crippen LogP contribution in [0.15, 0.2) is 64.3 Å². The van der Waals surface area contributed by atoms with Crippen LogP contribution in [0, 0.1) is 0 Å². The van der Waals surface area contributed by atoms with Gasteiger partial charge in [0.05, 0.1) is 18.0 Å². The largest absolute Gasteiger partial charge is 0.453 e. The van der Waals surface area contributed by atoms with Crippen molar-refractivity contribution in [1.29, 1.82) is 0 Å². The van der Waals surface area contributed by atoms with Crippen LogP contribution in [0.3, 0.4) is 0 Å². The molecule has 8 heteroatoms. The van der Waals surface area contributed by atoms with Gasteiger partial charge < -0.3 is 14.2 Å². The number of rotatable bonds is 4. The summed E-state index contributed by atoms with van der Waals surface area (Å²) in [5.41, 5.74) is 1.12. The molecule has 4 aromatic rings. The molecule has 3 heterocycles. The fourth-order valence-corrected chi connectivity index (χ4v) is 2.31. The zero-order chi connectivity index (χ0) is 17.2. The minimum Gasteiger partial charge on any atom is -0.453 e. The molecule has 1 aromatic carbocycles. The molecule has 0 aliphatic carbocycles. The van der Waals surface area contributed by atoms with E-state index < -0.39 is 0 Å². The van der Waals surface area contributed by atoms with Gasteiger partial charge in [-0.25, -0.2) is 0 Å². The van der Waals surface area contributed by atoms with E-state index in [1.54, 1.807) is 23.1 Å². The number of pyridine rings is 1. The van der Waals surface area contributed by atoms with Crippen molar-refractivity contribution in [3.8, 4) is 34.3 Å². The van der Waals surface area contributed by atoms with Crippen molar-refractivity contribution in [2.45, 2.75) is 0 Å². The van der Waals surface area contributed by atoms with Gasteiger partial charge in [-0.3, -0.25) is 9.48 Å². The van der Waals surface area contributed by atoms with Gasteiger partial charge >= 0.3 is 0 Å². The number of aromatic amines is 1. The molecule has 1 N–H and O–H groups in total. The van der Waals surface area contributed by atoms with Crippen LogP contribution in [-0.4, -0.2) is 24.9 Å². The lowest BCUT2D eigenvalue weighted by molar-refractivity contribution is 0.427. The third-order valence-corrected chi connectivity index (χ3v) is 3.49. The highest BCUT2D eigenvalue weighted by atomic mass is 16.5. The van der Waals surface area contributed by atoms with Crippen LogP contribution in [-0.2, 0) is 7.05 Å². The molecule has 0 aliphatic rings. The molecule has 124 valence electrons. The molecule has 0 radical (unpaired) electrons. The molecule has 0 amide bonds. The zero-order valence-electron chi connectivity index (χ0n) is 13.2. The number of para-hydroxylation sites is 1. The van der Waals surface area contributed by atoms with Crippen molar-refractivity contribution in [1.82, 2.24) is 24.9 Å². The molecule has 4 rings (SSSR count). The summed E-state index contributed by atoms with van der Waals surface area (Å²) >= 11 is 0. The normalized spacial score (nSPS) is 10.8. The minimum absolute atomic E-state index is 0.192. The summed E-state index contributed by atoms with van der Waals surface area (Å²) in [4.78, 5) is 18.1. The van der Waals surface area contributed by atoms with Crippen molar-refractivity contribution in [3.63, 3.8) is 0 Å². The highest BCUT2D eigenvalue weighted by Crippen LogP contribution is 2.32. The summed E-state index contributed by atoms with van der Waals surface area (Å²) < 4.78 is 12.9. The Morgan fingerprint density at radius 1 is 1.20 bits per heavy atom. The molecule has 3 aromatic heterocycles. The van der Waals surface area contributed by atoms with Crippen molar-refractivity contribution in [2.24, 2.45) is 7.05 Å². The molecule has 0 bridgehead atoms. The summed E-state index contributed by atoms with van der Waals surface area (Å²) in [5, 5.41) is 8.04. The molecule has 25 heavy (non-hydrogen) atoms. The van der Waals surface area contributed by atoms with Crippen LogP contribution in [0.4, 0.5) is 0 Å². The first-order chi connectivity index (χ1) is 12.2. The number of aromatic nitrogens is 5. The minimum atomic E-state index is -0.192. The van der Waals surface area contributed by atoms with Gasteiger partial charge in [0.25, 0.3) is 5.89 Å². The summed E-state index contributed by atoms with van der Waals surface area (Å²) in [7, 11) is 1.81. The maximum Gasteiger partial charge on any atom is 0.262 e. The number of hydrogen-bond acceptors (Lipinski definition) is 6. The molecule has 0 saturated carbocycles. The highest BCUT2D eigenvalue weighted by molar-refractivity contribution is 5.65. The Balaban J connectivity index is 1.68. The second-order valence-corrected chi connectivity index (χ2v) is 5.31. The Morgan fingerprint density at radius 2 is 2.08 bits per heavy atom. The van der Waals surface area contributed by atoms with Crippen LogP contribution in [0.5, 0.6) is 11.5 Å². The molecular formula is C17H13N5O3. The van der Waals surface area contributed by atoms with Gasteiger partial charge in [-0.05, 0) is 18.2 Å². The summed E-state index contributed by atoms with van der Waals surface area (Å²) in [6, 6.07) is 10.4. The van der Waals surface area contributed by atoms with Gasteiger partial charge in [0, 0.05) is 24.9 Å². The lowest BCUT2D eigenvalue weighted by Gasteiger charge is -2.06. The third-order valence-electron chi connectivity index (χ3n) is 3.49. The molecule has 0 atom stereocenters. The Morgan fingerprint density at radius 3 is 2.84 bits per heavy atom. The SMILES string of the molecule is Cn1cc(Oc2ccccc2-c2nc(-c3ccc(=O)[nH]c3)no2)cn1. The molecule has 8 nitrogen and oxygen atoms in total. The first kappa shape index (κ1) is 14.9. The fraction of sp³-hybridized carbons (Fsp3) is 0.0588. The van der Waals surface area contributed by atoms with Crippen molar-refractivity contribution in [2.75, 3.05) is 0 Å². The maximum absolute atomic E-state index is 11.2. The van der Waals surface area contributed by atoms with Gasteiger partial charge in [0.2, 0.25) is 11.4 Å². The van der Waals surface area contributed by atoms with Gasteiger partial charge in [0.15, 0.2) is 5.75 Å². The van der Waals surface area contributed by atoms with E-state index in [1.165, 1.54) is 12.3 Å². The van der Waals surface area contributed by atoms with Gasteiger partial charge in [-0.1, -0.05) is 17.3 Å². The smallest absolute Gasteiger partial charge is 0.262 e. The van der Waals surface area contributed by atoms with Gasteiger partial charge in [-0.15, -0.1) is 0 Å². The van der Waals surface area contributed by atoms with E-state index in [1.807, 2.05) is 31.3 Å². The zero-order valence-corrected chi connectivity index (χ0v) is 13.2. The van der Waals surface area contributed by atoms with E-state index in [-0.39, 0.29) is 5.56 Å². The maximum atomic E-state index is 11.2. The summed E-state index contributed by atoms with van der Waals surface area (Å²) in [6.45, 7) is 0. The first-order valence-corrected chi connectivity index (χ1v) is 7.48. The number of nitrogens with one attached hydrogen (secondary N) is 1. The molecule has 0 fully saturated rings. The lowest BCUT2D eigenvalue weighted by atomic mass is 10.2. The number of aryl methyl sites for hydroxylation is 1. The van der Waals surface area contributed by atoms with E-state index in [0.29, 0.717) is 34.3 Å². The summed E-state index contributed by atoms with van der Waals surface area (Å²) in [6.07, 6.45) is 4.92. The number of hydrogen-bond donors (Lipinski definition) is 1. The van der Waals surface area contributed by atoms with E-state index in [2.05, 4.69) is 20.2 Å². The molecular weight excluding hydrogens is 322 g/mol. The molecule has 0 unspecified atom stereocenters. The van der Waals surface area contributed by atoms with Crippen LogP contribution in [0.25, 0.3) is 22.8 Å². The Kier molecular flexibility index (Phi) is 3.62. The topological polar surface area (TPSA) is 98.8 Å². The molecule has 0 aliphatic heterocycles. The predicted octanol–water partition coefficient (Wildman–Crippen LogP) is 2.62. The third kappa shape index (κ3) is 3.05. The number of H-pyrrole nitrogens is 1. The van der Waals surface area contributed by atoms with Crippen molar-refractivity contribution >= 4 is 0 Å². The Bertz CT molecular complexity index is 1060. The lowest BCUT2D eigenvalue weighted by Crippen LogP contribution is -2.01. The Labute approximate surface area is 141 Å². The average molecular weight is 335 g/mol. The van der Waals surface area contributed by atoms with E-state index >= 15 is 0 Å². The standard InChI is InChI=1S/C17H13N5O3/c1-22-10-12(9-19-22)24-14-5-3-2-4-13(14)17-20-16(21-25-17)11-6-7-15(23)18-8-11/h2-10H,1H3,(H,18,23). The highest BCUT2D eigenvalue weighted by Gasteiger charge is 2.15. The van der Waals surface area contributed by atoms with E-state index in [9.17, 15) is 4.79 Å². The molecule has 0 saturated heterocycles. The monoisotopic (exact) mass is 335 g/mol. The first-order valence-electron chi connectivity index (χ1n) is 7.48. The van der Waals surface area contributed by atoms with Crippen LogP contribution in [0.1, 0.15) is 0 Å². The number of benzene rings is 1. The van der Waals surface area contributed by atoms with Gasteiger partial charge in [0.1, 0.15) is 5.75 Å². The quantitative estimate of drug-likeness (QED) is 0.615. The molecule has 0 spiro atoms. The number of ether oxygens (including phenoxy) is 1. The van der Waals surface area contributed by atoms with Crippen molar-refractivity contribution in [3.05, 3.63) is 65.3 Å². The number of nitrogens with zero attached hydrogens (tertiary/aromatic N) is 4. The second kappa shape index (κ2) is 6.08. The summed E-state index contributed by atoms with van der Waals surface area (Å²) in [5.74, 6) is 1.88. The second-order valence-electron chi connectivity index (χ2n) is 5.31.